The molecule has 0 aromatic heterocycles. The molecule has 0 fully saturated rings. The number of aryl methyl sites for hydroxylation is 4. The van der Waals surface area contributed by atoms with Gasteiger partial charge in [-0.15, -0.1) is 0 Å². The van der Waals surface area contributed by atoms with Gasteiger partial charge in [-0.25, -0.2) is 0 Å². The van der Waals surface area contributed by atoms with Crippen molar-refractivity contribution in [3.63, 3.8) is 0 Å². The average Bonchev–Trinajstić information content (AvgIpc) is 2.85. The van der Waals surface area contributed by atoms with Gasteiger partial charge in [0.15, 0.2) is 0 Å². The van der Waals surface area contributed by atoms with Crippen LogP contribution < -0.4 is 10.2 Å². The number of carbonyl (C=O) groups is 2. The number of aliphatic carboxylic acids is 2. The number of carbonyl (C=O) groups excluding carboxylic acids is 2. The van der Waals surface area contributed by atoms with Crippen molar-refractivity contribution in [3.8, 4) is 11.5 Å². The number of rotatable bonds is 12. The minimum Gasteiger partial charge on any atom is -0.550 e. The Kier molecular flexibility index (Phi) is 21.9. The molecule has 2 aromatic carbocycles. The third-order valence-corrected chi connectivity index (χ3v) is 5.84. The molecule has 0 aliphatic carbocycles. The van der Waals surface area contributed by atoms with Gasteiger partial charge in [-0.1, -0.05) is 39.8 Å². The summed E-state index contributed by atoms with van der Waals surface area (Å²) in [4.78, 5) is 26.8. The maximum atomic E-state index is 10.4. The van der Waals surface area contributed by atoms with Gasteiger partial charge in [0.2, 0.25) is 0 Å². The minimum absolute atomic E-state index is 0. The van der Waals surface area contributed by atoms with Gasteiger partial charge in [0.1, 0.15) is 11.5 Å². The van der Waals surface area contributed by atoms with E-state index in [1.807, 2.05) is 26.0 Å². The molecule has 9 heteroatoms. The molecule has 0 unspecified atom stereocenters. The van der Waals surface area contributed by atoms with E-state index < -0.39 is 11.9 Å². The molecule has 2 rings (SSSR count). The van der Waals surface area contributed by atoms with Crippen LogP contribution in [0.1, 0.15) is 94.2 Å². The number of hydrogen-bond acceptors (Lipinski definition) is 8. The Morgan fingerprint density at radius 1 is 0.738 bits per heavy atom. The first-order valence-corrected chi connectivity index (χ1v) is 14.1. The summed E-state index contributed by atoms with van der Waals surface area (Å²) in [5.41, 5.74) is 5.86. The number of benzene rings is 2. The Morgan fingerprint density at radius 3 is 1.33 bits per heavy atom. The van der Waals surface area contributed by atoms with Crippen LogP contribution in [0.25, 0.3) is 0 Å². The zero-order valence-electron chi connectivity index (χ0n) is 26.3. The van der Waals surface area contributed by atoms with Gasteiger partial charge in [0.25, 0.3) is 0 Å². The molecule has 2 N–H and O–H groups in total. The molecule has 0 atom stereocenters. The molecule has 0 spiro atoms. The summed E-state index contributed by atoms with van der Waals surface area (Å²) in [6.45, 7) is 16.0. The summed E-state index contributed by atoms with van der Waals surface area (Å²) >= 11 is 0. The molecule has 42 heavy (non-hydrogen) atoms. The normalized spacial score (nSPS) is 10.7. The van der Waals surface area contributed by atoms with Crippen LogP contribution >= 0.6 is 0 Å². The van der Waals surface area contributed by atoms with Crippen LogP contribution in [0.2, 0.25) is 0 Å². The number of aromatic hydroxyl groups is 2. The Balaban J connectivity index is 0. The third-order valence-electron chi connectivity index (χ3n) is 5.84. The number of hydrogen-bond donors (Lipinski definition) is 2. The maximum absolute atomic E-state index is 10.4. The molecule has 0 aliphatic rings. The van der Waals surface area contributed by atoms with Gasteiger partial charge in [-0.2, -0.15) is 0 Å². The van der Waals surface area contributed by atoms with Crippen molar-refractivity contribution in [1.29, 1.82) is 0 Å². The summed E-state index contributed by atoms with van der Waals surface area (Å²) in [6.07, 6.45) is 8.66. The van der Waals surface area contributed by atoms with Gasteiger partial charge >= 0.3 is 16.8 Å². The second-order valence-electron chi connectivity index (χ2n) is 11.0. The van der Waals surface area contributed by atoms with E-state index in [1.165, 1.54) is 11.1 Å². The second kappa shape index (κ2) is 22.4. The summed E-state index contributed by atoms with van der Waals surface area (Å²) in [5.74, 6) is -0.225. The third kappa shape index (κ3) is 19.8. The first-order valence-electron chi connectivity index (χ1n) is 14.1. The Bertz CT molecular complexity index is 1060. The molecular formula is C33H48CoN2O6. The molecule has 0 aliphatic heterocycles. The zero-order chi connectivity index (χ0) is 31.5. The van der Waals surface area contributed by atoms with E-state index in [2.05, 4.69) is 49.8 Å². The molecule has 235 valence electrons. The summed E-state index contributed by atoms with van der Waals surface area (Å²) < 4.78 is 0. The summed E-state index contributed by atoms with van der Waals surface area (Å²) in [7, 11) is 0. The molecular weight excluding hydrogens is 579 g/mol. The molecule has 0 heterocycles. The van der Waals surface area contributed by atoms with E-state index in [0.717, 1.165) is 68.2 Å². The maximum Gasteiger partial charge on any atom is 2.00 e. The topological polar surface area (TPSA) is 145 Å². The quantitative estimate of drug-likeness (QED) is 0.265. The van der Waals surface area contributed by atoms with E-state index in [1.54, 1.807) is 12.4 Å². The second-order valence-corrected chi connectivity index (χ2v) is 11.0. The Hall–Kier alpha value is -3.17. The van der Waals surface area contributed by atoms with Gasteiger partial charge < -0.3 is 30.0 Å². The van der Waals surface area contributed by atoms with Crippen LogP contribution in [0.15, 0.2) is 34.3 Å². The van der Waals surface area contributed by atoms with Crippen molar-refractivity contribution in [2.45, 2.75) is 87.5 Å². The van der Waals surface area contributed by atoms with Crippen LogP contribution in [0, 0.1) is 25.7 Å². The first kappa shape index (κ1) is 41.0. The van der Waals surface area contributed by atoms with Crippen molar-refractivity contribution in [3.05, 3.63) is 57.6 Å². The van der Waals surface area contributed by atoms with Gasteiger partial charge in [0.05, 0.1) is 0 Å². The predicted octanol–water partition coefficient (Wildman–Crippen LogP) is 4.33. The zero-order valence-corrected chi connectivity index (χ0v) is 27.4. The summed E-state index contributed by atoms with van der Waals surface area (Å²) in [6, 6.07) is 8.23. The standard InChI is InChI=1S/C29H42N2O2.2C2H4O2.Co/c1-20(2)8-10-24-14-22(5)28(32)26(16-24)18-30-12-7-13-31-19-27-17-25(11-9-21(3)4)15-23(6)29(27)33;2*1-2(3)4;/h14-21,32-33H,7-13H2,1-6H3;2*1H3,(H,3,4);/q;;;+2/p-2. The number of nitrogens with zero attached hydrogens (tertiary/aromatic N) is 2. The van der Waals surface area contributed by atoms with Crippen molar-refractivity contribution >= 4 is 24.4 Å². The molecule has 0 amide bonds. The molecule has 0 saturated carbocycles. The monoisotopic (exact) mass is 627 g/mol. The molecule has 8 nitrogen and oxygen atoms in total. The number of phenols is 2. The SMILES string of the molecule is CC(=O)[O-].CC(=O)[O-].Cc1cc(CCC(C)C)cc(C=NCCCN=Cc2cc(CCC(C)C)cc(C)c2O)c1O.[Co+2]. The smallest absolute Gasteiger partial charge is 0.550 e. The number of aliphatic imine (C=N–C) groups is 2. The molecule has 2 aromatic rings. The van der Waals surface area contributed by atoms with Gasteiger partial charge in [-0.05, 0) is 106 Å². The fourth-order valence-corrected chi connectivity index (χ4v) is 3.74. The van der Waals surface area contributed by atoms with Crippen LogP contribution in [-0.4, -0.2) is 47.7 Å². The Labute approximate surface area is 262 Å². The van der Waals surface area contributed by atoms with Crippen molar-refractivity contribution < 1.29 is 46.8 Å². The molecule has 1 radical (unpaired) electrons. The number of carboxylic acids is 2. The van der Waals surface area contributed by atoms with Crippen LogP contribution in [0.5, 0.6) is 11.5 Å². The van der Waals surface area contributed by atoms with E-state index in [0.29, 0.717) is 36.4 Å². The predicted molar refractivity (Wildman–Crippen MR) is 163 cm³/mol. The Morgan fingerprint density at radius 2 is 1.05 bits per heavy atom. The van der Waals surface area contributed by atoms with Gasteiger partial charge in [-0.3, -0.25) is 9.98 Å². The van der Waals surface area contributed by atoms with Gasteiger partial charge in [0, 0.05) is 48.6 Å². The number of carboxylic acid groups (broad SMARTS) is 2. The van der Waals surface area contributed by atoms with E-state index in [9.17, 15) is 10.2 Å². The van der Waals surface area contributed by atoms with Crippen molar-refractivity contribution in [2.75, 3.05) is 13.1 Å². The van der Waals surface area contributed by atoms with E-state index >= 15 is 0 Å². The molecule has 0 saturated heterocycles. The van der Waals surface area contributed by atoms with E-state index in [4.69, 9.17) is 19.8 Å². The van der Waals surface area contributed by atoms with Crippen LogP contribution in [0.3, 0.4) is 0 Å². The van der Waals surface area contributed by atoms with Crippen LogP contribution in [0.4, 0.5) is 0 Å². The fourth-order valence-electron chi connectivity index (χ4n) is 3.74. The number of phenolic OH excluding ortho intramolecular Hbond substituents is 2. The van der Waals surface area contributed by atoms with Crippen LogP contribution in [-0.2, 0) is 39.2 Å². The van der Waals surface area contributed by atoms with Crippen molar-refractivity contribution in [1.82, 2.24) is 0 Å². The summed E-state index contributed by atoms with van der Waals surface area (Å²) in [5, 5.41) is 38.5. The van der Waals surface area contributed by atoms with E-state index in [-0.39, 0.29) is 16.8 Å². The molecule has 0 bridgehead atoms. The average molecular weight is 628 g/mol. The fraction of sp³-hybridized carbons (Fsp3) is 0.515. The first-order chi connectivity index (χ1) is 19.1. The minimum atomic E-state index is -1.08. The largest absolute Gasteiger partial charge is 2.00 e. The van der Waals surface area contributed by atoms with Crippen molar-refractivity contribution in [2.24, 2.45) is 21.8 Å².